The molecule has 2 aromatic carbocycles. The Morgan fingerprint density at radius 1 is 1.00 bits per heavy atom. The van der Waals surface area contributed by atoms with Crippen molar-refractivity contribution < 1.29 is 22.8 Å². The third kappa shape index (κ3) is 5.75. The molecule has 1 fully saturated rings. The number of hydrogen-bond donors (Lipinski definition) is 2. The van der Waals surface area contributed by atoms with Crippen LogP contribution in [-0.2, 0) is 11.0 Å². The highest BCUT2D eigenvalue weighted by molar-refractivity contribution is 5.97. The van der Waals surface area contributed by atoms with Gasteiger partial charge in [-0.3, -0.25) is 15.0 Å². The average molecular weight is 434 g/mol. The van der Waals surface area contributed by atoms with Crippen molar-refractivity contribution in [1.82, 2.24) is 15.5 Å². The zero-order chi connectivity index (χ0) is 22.4. The van der Waals surface area contributed by atoms with E-state index in [-0.39, 0.29) is 0 Å². The van der Waals surface area contributed by atoms with Crippen LogP contribution in [0.1, 0.15) is 24.1 Å². The molecule has 2 N–H and O–H groups in total. The molecular weight excluding hydrogens is 409 g/mol. The Labute approximate surface area is 179 Å². The highest BCUT2D eigenvalue weighted by atomic mass is 19.4. The van der Waals surface area contributed by atoms with Crippen LogP contribution >= 0.6 is 0 Å². The van der Waals surface area contributed by atoms with Gasteiger partial charge in [-0.2, -0.15) is 13.2 Å². The molecule has 1 saturated heterocycles. The van der Waals surface area contributed by atoms with Crippen molar-refractivity contribution in [3.8, 4) is 0 Å². The molecule has 1 heterocycles. The minimum absolute atomic E-state index is 0.394. The van der Waals surface area contributed by atoms with Crippen LogP contribution in [-0.4, -0.2) is 49.6 Å². The van der Waals surface area contributed by atoms with Crippen LogP contribution < -0.4 is 15.5 Å². The number of halogens is 3. The van der Waals surface area contributed by atoms with E-state index in [0.717, 1.165) is 17.7 Å². The molecule has 1 unspecified atom stereocenters. The summed E-state index contributed by atoms with van der Waals surface area (Å²) in [5.74, 6) is -0.440. The standard InChI is InChI=1S/C22H25F3N4O2/c1-2-26-21(31)27-20(30)19(16-7-4-3-5-8-16)29-13-11-28(12-14-29)18-10-6-9-17(15-18)22(23,24)25/h3-10,15,19H,2,11-14H2,1H3,(H2,26,27,30,31). The molecule has 0 bridgehead atoms. The van der Waals surface area contributed by atoms with Gasteiger partial charge in [0, 0.05) is 38.4 Å². The summed E-state index contributed by atoms with van der Waals surface area (Å²) in [6.07, 6.45) is -4.40. The predicted octanol–water partition coefficient (Wildman–Crippen LogP) is 3.41. The van der Waals surface area contributed by atoms with Gasteiger partial charge >= 0.3 is 12.2 Å². The minimum Gasteiger partial charge on any atom is -0.369 e. The lowest BCUT2D eigenvalue weighted by molar-refractivity contribution is -0.137. The van der Waals surface area contributed by atoms with Crippen molar-refractivity contribution in [1.29, 1.82) is 0 Å². The van der Waals surface area contributed by atoms with Gasteiger partial charge in [-0.25, -0.2) is 4.79 Å². The third-order valence-corrected chi connectivity index (χ3v) is 5.16. The maximum Gasteiger partial charge on any atom is 0.416 e. The van der Waals surface area contributed by atoms with Gasteiger partial charge in [-0.1, -0.05) is 36.4 Å². The molecule has 2 aromatic rings. The quantitative estimate of drug-likeness (QED) is 0.757. The molecule has 1 aliphatic rings. The lowest BCUT2D eigenvalue weighted by atomic mass is 10.0. The molecular formula is C22H25F3N4O2. The minimum atomic E-state index is -4.40. The van der Waals surface area contributed by atoms with Gasteiger partial charge in [0.05, 0.1) is 5.56 Å². The summed E-state index contributed by atoms with van der Waals surface area (Å²) in [6.45, 7) is 3.98. The second kappa shape index (κ2) is 9.82. The maximum atomic E-state index is 13.0. The van der Waals surface area contributed by atoms with Crippen molar-refractivity contribution >= 4 is 17.6 Å². The molecule has 1 atom stereocenters. The lowest BCUT2D eigenvalue weighted by Gasteiger charge is -2.39. The van der Waals surface area contributed by atoms with Crippen LogP contribution in [0.3, 0.4) is 0 Å². The Balaban J connectivity index is 1.73. The number of nitrogens with one attached hydrogen (secondary N) is 2. The lowest BCUT2D eigenvalue weighted by Crippen LogP contribution is -2.52. The van der Waals surface area contributed by atoms with Gasteiger partial charge in [0.15, 0.2) is 0 Å². The largest absolute Gasteiger partial charge is 0.416 e. The highest BCUT2D eigenvalue weighted by Gasteiger charge is 2.33. The van der Waals surface area contributed by atoms with Crippen LogP contribution in [0.2, 0.25) is 0 Å². The molecule has 3 amide bonds. The van der Waals surface area contributed by atoms with E-state index in [1.54, 1.807) is 13.0 Å². The number of hydrogen-bond acceptors (Lipinski definition) is 4. The summed E-state index contributed by atoms with van der Waals surface area (Å²) in [5.41, 5.74) is 0.560. The fourth-order valence-electron chi connectivity index (χ4n) is 3.67. The van der Waals surface area contributed by atoms with Gasteiger partial charge in [0.25, 0.3) is 0 Å². The molecule has 0 aromatic heterocycles. The van der Waals surface area contributed by atoms with E-state index in [1.165, 1.54) is 6.07 Å². The molecule has 0 spiro atoms. The molecule has 9 heteroatoms. The van der Waals surface area contributed by atoms with E-state index in [2.05, 4.69) is 10.6 Å². The number of carbonyl (C=O) groups is 2. The molecule has 31 heavy (non-hydrogen) atoms. The van der Waals surface area contributed by atoms with Crippen LogP contribution in [0, 0.1) is 0 Å². The summed E-state index contributed by atoms with van der Waals surface area (Å²) in [7, 11) is 0. The first-order valence-electron chi connectivity index (χ1n) is 10.1. The van der Waals surface area contributed by atoms with Crippen LogP contribution in [0.15, 0.2) is 54.6 Å². The number of benzene rings is 2. The fraction of sp³-hybridized carbons (Fsp3) is 0.364. The second-order valence-electron chi connectivity index (χ2n) is 7.23. The molecule has 0 radical (unpaired) electrons. The number of urea groups is 1. The summed E-state index contributed by atoms with van der Waals surface area (Å²) in [6, 6.07) is 13.1. The summed E-state index contributed by atoms with van der Waals surface area (Å²) in [4.78, 5) is 28.6. The SMILES string of the molecule is CCNC(=O)NC(=O)C(c1ccccc1)N1CCN(c2cccc(C(F)(F)F)c2)CC1. The van der Waals surface area contributed by atoms with Crippen molar-refractivity contribution in [2.24, 2.45) is 0 Å². The van der Waals surface area contributed by atoms with Gasteiger partial charge in [0.2, 0.25) is 5.91 Å². The van der Waals surface area contributed by atoms with Crippen molar-refractivity contribution in [3.05, 3.63) is 65.7 Å². The smallest absolute Gasteiger partial charge is 0.369 e. The highest BCUT2D eigenvalue weighted by Crippen LogP contribution is 2.32. The normalized spacial score (nSPS) is 15.9. The molecule has 1 aliphatic heterocycles. The van der Waals surface area contributed by atoms with Gasteiger partial charge < -0.3 is 10.2 Å². The first-order valence-corrected chi connectivity index (χ1v) is 10.1. The molecule has 166 valence electrons. The number of carbonyl (C=O) groups excluding carboxylic acids is 2. The van der Waals surface area contributed by atoms with E-state index in [4.69, 9.17) is 0 Å². The van der Waals surface area contributed by atoms with Crippen LogP contribution in [0.4, 0.5) is 23.7 Å². The zero-order valence-corrected chi connectivity index (χ0v) is 17.2. The molecule has 3 rings (SSSR count). The van der Waals surface area contributed by atoms with Gasteiger partial charge in [0.1, 0.15) is 6.04 Å². The number of nitrogens with zero attached hydrogens (tertiary/aromatic N) is 2. The fourth-order valence-corrected chi connectivity index (χ4v) is 3.67. The Bertz CT molecular complexity index is 897. The maximum absolute atomic E-state index is 13.0. The summed E-state index contributed by atoms with van der Waals surface area (Å²) < 4.78 is 39.1. The van der Waals surface area contributed by atoms with Gasteiger partial charge in [-0.05, 0) is 30.7 Å². The first-order chi connectivity index (χ1) is 14.8. The predicted molar refractivity (Wildman–Crippen MR) is 112 cm³/mol. The Morgan fingerprint density at radius 3 is 2.29 bits per heavy atom. The monoisotopic (exact) mass is 434 g/mol. The number of anilines is 1. The average Bonchev–Trinajstić information content (AvgIpc) is 2.75. The van der Waals surface area contributed by atoms with Crippen molar-refractivity contribution in [3.63, 3.8) is 0 Å². The van der Waals surface area contributed by atoms with Crippen molar-refractivity contribution in [2.45, 2.75) is 19.1 Å². The van der Waals surface area contributed by atoms with E-state index in [1.807, 2.05) is 40.1 Å². The number of amides is 3. The molecule has 0 saturated carbocycles. The van der Waals surface area contributed by atoms with Crippen LogP contribution in [0.5, 0.6) is 0 Å². The molecule has 6 nitrogen and oxygen atoms in total. The van der Waals surface area contributed by atoms with Gasteiger partial charge in [-0.15, -0.1) is 0 Å². The number of rotatable bonds is 5. The Hall–Kier alpha value is -3.07. The zero-order valence-electron chi connectivity index (χ0n) is 17.2. The number of piperazine rings is 1. The number of alkyl halides is 3. The summed E-state index contributed by atoms with van der Waals surface area (Å²) >= 11 is 0. The van der Waals surface area contributed by atoms with Crippen molar-refractivity contribution in [2.75, 3.05) is 37.6 Å². The Morgan fingerprint density at radius 2 is 1.68 bits per heavy atom. The first kappa shape index (κ1) is 22.6. The van der Waals surface area contributed by atoms with E-state index in [0.29, 0.717) is 38.4 Å². The number of imide groups is 1. The third-order valence-electron chi connectivity index (χ3n) is 5.16. The van der Waals surface area contributed by atoms with E-state index >= 15 is 0 Å². The molecule has 0 aliphatic carbocycles. The summed E-state index contributed by atoms with van der Waals surface area (Å²) in [5, 5.41) is 4.92. The topological polar surface area (TPSA) is 64.7 Å². The van der Waals surface area contributed by atoms with E-state index in [9.17, 15) is 22.8 Å². The van der Waals surface area contributed by atoms with Crippen LogP contribution in [0.25, 0.3) is 0 Å². The Kier molecular flexibility index (Phi) is 7.17. The second-order valence-corrected chi connectivity index (χ2v) is 7.23. The van der Waals surface area contributed by atoms with E-state index < -0.39 is 29.7 Å².